The van der Waals surface area contributed by atoms with Crippen molar-refractivity contribution in [1.82, 2.24) is 9.71 Å². The molecule has 0 unspecified atom stereocenters. The molecule has 1 heterocycles. The predicted octanol–water partition coefficient (Wildman–Crippen LogP) is 3.47. The number of nitrogens with one attached hydrogen (secondary N) is 2. The van der Waals surface area contributed by atoms with Crippen LogP contribution < -0.4 is 10.0 Å². The van der Waals surface area contributed by atoms with Crippen LogP contribution in [0.15, 0.2) is 53.6 Å². The molecule has 0 bridgehead atoms. The summed E-state index contributed by atoms with van der Waals surface area (Å²) in [7, 11) is -3.68. The predicted molar refractivity (Wildman–Crippen MR) is 111 cm³/mol. The second-order valence-electron chi connectivity index (χ2n) is 6.84. The summed E-state index contributed by atoms with van der Waals surface area (Å²) in [6.45, 7) is 5.49. The molecule has 0 fully saturated rings. The second kappa shape index (κ2) is 8.08. The Bertz CT molecular complexity index is 1120. The third kappa shape index (κ3) is 4.55. The maximum absolute atomic E-state index is 12.6. The number of para-hydroxylation sites is 1. The summed E-state index contributed by atoms with van der Waals surface area (Å²) in [5.74, 6) is -0.280. The van der Waals surface area contributed by atoms with Gasteiger partial charge >= 0.3 is 0 Å². The van der Waals surface area contributed by atoms with Crippen molar-refractivity contribution < 1.29 is 13.2 Å². The molecule has 0 radical (unpaired) electrons. The number of carbonyl (C=O) groups excluding carboxylic acids is 1. The number of hydrogen-bond acceptors (Lipinski definition) is 4. The first-order chi connectivity index (χ1) is 13.3. The number of rotatable bonds is 6. The Morgan fingerprint density at radius 2 is 1.71 bits per heavy atom. The SMILES string of the molecule is Cc1cc(C)c(S(=O)(=O)NCCC(=O)Nc2cnc3ccccc3c2)c(C)c1. The lowest BCUT2D eigenvalue weighted by Gasteiger charge is -2.13. The molecule has 2 N–H and O–H groups in total. The van der Waals surface area contributed by atoms with Gasteiger partial charge in [-0.25, -0.2) is 13.1 Å². The van der Waals surface area contributed by atoms with E-state index in [1.165, 1.54) is 0 Å². The quantitative estimate of drug-likeness (QED) is 0.667. The molecule has 6 nitrogen and oxygen atoms in total. The van der Waals surface area contributed by atoms with Crippen LogP contribution in [0.1, 0.15) is 23.1 Å². The van der Waals surface area contributed by atoms with Gasteiger partial charge in [-0.3, -0.25) is 9.78 Å². The maximum Gasteiger partial charge on any atom is 0.241 e. The van der Waals surface area contributed by atoms with Gasteiger partial charge in [0.1, 0.15) is 0 Å². The van der Waals surface area contributed by atoms with E-state index in [0.717, 1.165) is 16.5 Å². The molecule has 0 saturated heterocycles. The van der Waals surface area contributed by atoms with Gasteiger partial charge in [-0.1, -0.05) is 35.9 Å². The normalized spacial score (nSPS) is 11.5. The zero-order valence-corrected chi connectivity index (χ0v) is 16.9. The molecule has 1 aromatic heterocycles. The molecule has 0 spiro atoms. The summed E-state index contributed by atoms with van der Waals surface area (Å²) >= 11 is 0. The summed E-state index contributed by atoms with van der Waals surface area (Å²) in [6, 6.07) is 13.1. The number of aryl methyl sites for hydroxylation is 3. The highest BCUT2D eigenvalue weighted by Gasteiger charge is 2.19. The Balaban J connectivity index is 1.61. The van der Waals surface area contributed by atoms with Crippen LogP contribution >= 0.6 is 0 Å². The molecule has 3 rings (SSSR count). The number of aromatic nitrogens is 1. The molecule has 0 atom stereocenters. The first-order valence-electron chi connectivity index (χ1n) is 8.98. The van der Waals surface area contributed by atoms with Crippen molar-refractivity contribution in [3.63, 3.8) is 0 Å². The van der Waals surface area contributed by atoms with Crippen LogP contribution in [0.3, 0.4) is 0 Å². The molecule has 0 saturated carbocycles. The highest BCUT2D eigenvalue weighted by molar-refractivity contribution is 7.89. The van der Waals surface area contributed by atoms with Gasteiger partial charge in [0, 0.05) is 18.4 Å². The zero-order valence-electron chi connectivity index (χ0n) is 16.1. The van der Waals surface area contributed by atoms with Crippen molar-refractivity contribution in [2.75, 3.05) is 11.9 Å². The molecule has 146 valence electrons. The summed E-state index contributed by atoms with van der Waals surface area (Å²) in [4.78, 5) is 16.7. The van der Waals surface area contributed by atoms with Crippen molar-refractivity contribution in [3.8, 4) is 0 Å². The molecular formula is C21H23N3O3S. The minimum absolute atomic E-state index is 0.0158. The van der Waals surface area contributed by atoms with Gasteiger partial charge in [-0.2, -0.15) is 0 Å². The molecule has 2 aromatic carbocycles. The van der Waals surface area contributed by atoms with E-state index >= 15 is 0 Å². The topological polar surface area (TPSA) is 88.2 Å². The zero-order chi connectivity index (χ0) is 20.3. The third-order valence-corrected chi connectivity index (χ3v) is 6.16. The largest absolute Gasteiger partial charge is 0.325 e. The molecular weight excluding hydrogens is 374 g/mol. The number of nitrogens with zero attached hydrogens (tertiary/aromatic N) is 1. The van der Waals surface area contributed by atoms with Gasteiger partial charge in [0.2, 0.25) is 15.9 Å². The van der Waals surface area contributed by atoms with E-state index in [9.17, 15) is 13.2 Å². The van der Waals surface area contributed by atoms with E-state index in [1.807, 2.05) is 49.4 Å². The van der Waals surface area contributed by atoms with Gasteiger partial charge in [0.15, 0.2) is 0 Å². The summed E-state index contributed by atoms with van der Waals surface area (Å²) in [5, 5.41) is 3.68. The van der Waals surface area contributed by atoms with Crippen LogP contribution in [-0.4, -0.2) is 25.9 Å². The Hall–Kier alpha value is -2.77. The fraction of sp³-hybridized carbons (Fsp3) is 0.238. The summed E-state index contributed by atoms with van der Waals surface area (Å²) < 4.78 is 27.8. The molecule has 0 aliphatic carbocycles. The fourth-order valence-corrected chi connectivity index (χ4v) is 4.81. The molecule has 28 heavy (non-hydrogen) atoms. The van der Waals surface area contributed by atoms with E-state index in [4.69, 9.17) is 0 Å². The van der Waals surface area contributed by atoms with Crippen LogP contribution in [0.2, 0.25) is 0 Å². The number of benzene rings is 2. The lowest BCUT2D eigenvalue weighted by molar-refractivity contribution is -0.116. The summed E-state index contributed by atoms with van der Waals surface area (Å²) in [6.07, 6.45) is 1.61. The van der Waals surface area contributed by atoms with Crippen molar-refractivity contribution in [3.05, 3.63) is 65.4 Å². The number of carbonyl (C=O) groups is 1. The van der Waals surface area contributed by atoms with Gasteiger partial charge in [0.25, 0.3) is 0 Å². The van der Waals surface area contributed by atoms with Gasteiger partial charge in [0.05, 0.1) is 22.3 Å². The van der Waals surface area contributed by atoms with Gasteiger partial charge < -0.3 is 5.32 Å². The Morgan fingerprint density at radius 1 is 1.04 bits per heavy atom. The van der Waals surface area contributed by atoms with Crippen molar-refractivity contribution >= 4 is 32.5 Å². The van der Waals surface area contributed by atoms with E-state index in [1.54, 1.807) is 20.0 Å². The van der Waals surface area contributed by atoms with Crippen molar-refractivity contribution in [2.24, 2.45) is 0 Å². The van der Waals surface area contributed by atoms with E-state index in [-0.39, 0.29) is 23.8 Å². The van der Waals surface area contributed by atoms with Crippen LogP contribution in [-0.2, 0) is 14.8 Å². The fourth-order valence-electron chi connectivity index (χ4n) is 3.32. The van der Waals surface area contributed by atoms with Crippen LogP contribution in [0.25, 0.3) is 10.9 Å². The number of fused-ring (bicyclic) bond motifs is 1. The minimum atomic E-state index is -3.68. The third-order valence-electron chi connectivity index (χ3n) is 4.39. The highest BCUT2D eigenvalue weighted by atomic mass is 32.2. The van der Waals surface area contributed by atoms with E-state index < -0.39 is 10.0 Å². The van der Waals surface area contributed by atoms with E-state index in [2.05, 4.69) is 15.0 Å². The second-order valence-corrected chi connectivity index (χ2v) is 8.54. The maximum atomic E-state index is 12.6. The molecule has 0 aliphatic heterocycles. The molecule has 1 amide bonds. The smallest absolute Gasteiger partial charge is 0.241 e. The average molecular weight is 398 g/mol. The standard InChI is InChI=1S/C21H23N3O3S/c1-14-10-15(2)21(16(3)11-14)28(26,27)23-9-8-20(25)24-18-12-17-6-4-5-7-19(17)22-13-18/h4-7,10-13,23H,8-9H2,1-3H3,(H,24,25). The molecule has 3 aromatic rings. The van der Waals surface area contributed by atoms with Crippen molar-refractivity contribution in [2.45, 2.75) is 32.1 Å². The number of anilines is 1. The Kier molecular flexibility index (Phi) is 5.76. The monoisotopic (exact) mass is 397 g/mol. The van der Waals surface area contributed by atoms with Gasteiger partial charge in [-0.15, -0.1) is 0 Å². The van der Waals surface area contributed by atoms with Crippen molar-refractivity contribution in [1.29, 1.82) is 0 Å². The Labute approximate surface area is 165 Å². The Morgan fingerprint density at radius 3 is 2.43 bits per heavy atom. The number of pyridine rings is 1. The minimum Gasteiger partial charge on any atom is -0.325 e. The lowest BCUT2D eigenvalue weighted by Crippen LogP contribution is -2.29. The molecule has 0 aliphatic rings. The highest BCUT2D eigenvalue weighted by Crippen LogP contribution is 2.21. The number of amides is 1. The van der Waals surface area contributed by atoms with Gasteiger partial charge in [-0.05, 0) is 44.0 Å². The van der Waals surface area contributed by atoms with Crippen LogP contribution in [0.5, 0.6) is 0 Å². The number of sulfonamides is 1. The molecule has 7 heteroatoms. The average Bonchev–Trinajstić information content (AvgIpc) is 2.60. The van der Waals surface area contributed by atoms with Crippen LogP contribution in [0, 0.1) is 20.8 Å². The first kappa shape index (κ1) is 20.0. The lowest BCUT2D eigenvalue weighted by atomic mass is 10.1. The van der Waals surface area contributed by atoms with E-state index in [0.29, 0.717) is 16.8 Å². The number of hydrogen-bond donors (Lipinski definition) is 2. The summed E-state index contributed by atoms with van der Waals surface area (Å²) in [5.41, 5.74) is 3.82. The van der Waals surface area contributed by atoms with Crippen LogP contribution in [0.4, 0.5) is 5.69 Å². The first-order valence-corrected chi connectivity index (χ1v) is 10.5.